The highest BCUT2D eigenvalue weighted by molar-refractivity contribution is 7.90. The standard InChI is InChI=1S/C12H17N3O4S/c1-4-5-11-13-12(19-15-11)9(3)20(16,17)7-10-6-8(2)18-14-10/h6,9H,4-5,7H2,1-3H3/t9-/m0/s1. The molecule has 2 heterocycles. The third kappa shape index (κ3) is 3.24. The summed E-state index contributed by atoms with van der Waals surface area (Å²) in [7, 11) is -3.47. The summed E-state index contributed by atoms with van der Waals surface area (Å²) in [5.74, 6) is 1.01. The third-order valence-electron chi connectivity index (χ3n) is 2.87. The minimum absolute atomic E-state index is 0.119. The van der Waals surface area contributed by atoms with Crippen molar-refractivity contribution in [2.24, 2.45) is 0 Å². The number of sulfone groups is 1. The summed E-state index contributed by atoms with van der Waals surface area (Å²) in [6, 6.07) is 1.60. The van der Waals surface area contributed by atoms with Crippen molar-refractivity contribution < 1.29 is 17.5 Å². The second-order valence-corrected chi connectivity index (χ2v) is 7.00. The molecular weight excluding hydrogens is 282 g/mol. The van der Waals surface area contributed by atoms with E-state index in [-0.39, 0.29) is 11.6 Å². The molecule has 0 unspecified atom stereocenters. The van der Waals surface area contributed by atoms with Gasteiger partial charge in [-0.15, -0.1) is 0 Å². The van der Waals surface area contributed by atoms with Crippen molar-refractivity contribution >= 4 is 9.84 Å². The Morgan fingerprint density at radius 3 is 2.65 bits per heavy atom. The monoisotopic (exact) mass is 299 g/mol. The van der Waals surface area contributed by atoms with E-state index in [0.717, 1.165) is 6.42 Å². The molecule has 0 bridgehead atoms. The van der Waals surface area contributed by atoms with Gasteiger partial charge in [0.2, 0.25) is 5.89 Å². The Morgan fingerprint density at radius 1 is 1.30 bits per heavy atom. The van der Waals surface area contributed by atoms with Crippen LogP contribution in [0, 0.1) is 6.92 Å². The average Bonchev–Trinajstić information content (AvgIpc) is 2.98. The number of hydrogen-bond donors (Lipinski definition) is 0. The molecule has 2 rings (SSSR count). The Labute approximate surface area is 117 Å². The molecular formula is C12H17N3O4S. The summed E-state index contributed by atoms with van der Waals surface area (Å²) in [6.07, 6.45) is 1.54. The quantitative estimate of drug-likeness (QED) is 0.804. The molecule has 0 N–H and O–H groups in total. The lowest BCUT2D eigenvalue weighted by molar-refractivity contribution is 0.370. The largest absolute Gasteiger partial charge is 0.361 e. The fourth-order valence-electron chi connectivity index (χ4n) is 1.73. The fraction of sp³-hybridized carbons (Fsp3) is 0.583. The van der Waals surface area contributed by atoms with E-state index in [9.17, 15) is 8.42 Å². The zero-order valence-corrected chi connectivity index (χ0v) is 12.5. The minimum atomic E-state index is -3.47. The number of rotatable bonds is 6. The van der Waals surface area contributed by atoms with Gasteiger partial charge in [-0.25, -0.2) is 8.42 Å². The molecule has 2 aromatic rings. The van der Waals surface area contributed by atoms with E-state index in [0.29, 0.717) is 23.7 Å². The number of hydrogen-bond acceptors (Lipinski definition) is 7. The molecule has 0 amide bonds. The fourth-order valence-corrected chi connectivity index (χ4v) is 2.93. The molecule has 0 fully saturated rings. The van der Waals surface area contributed by atoms with Gasteiger partial charge in [-0.3, -0.25) is 0 Å². The van der Waals surface area contributed by atoms with E-state index in [4.69, 9.17) is 9.05 Å². The lowest BCUT2D eigenvalue weighted by Gasteiger charge is -2.06. The van der Waals surface area contributed by atoms with Crippen LogP contribution in [-0.2, 0) is 22.0 Å². The number of aromatic nitrogens is 3. The Bertz CT molecular complexity index is 674. The van der Waals surface area contributed by atoms with Crippen LogP contribution in [0.25, 0.3) is 0 Å². The first kappa shape index (κ1) is 14.7. The van der Waals surface area contributed by atoms with Gasteiger partial charge < -0.3 is 9.05 Å². The van der Waals surface area contributed by atoms with E-state index < -0.39 is 15.1 Å². The van der Waals surface area contributed by atoms with Crippen molar-refractivity contribution in [3.63, 3.8) is 0 Å². The summed E-state index contributed by atoms with van der Waals surface area (Å²) in [5.41, 5.74) is 0.377. The summed E-state index contributed by atoms with van der Waals surface area (Å²) >= 11 is 0. The van der Waals surface area contributed by atoms with Gasteiger partial charge in [0.05, 0.1) is 11.4 Å². The Morgan fingerprint density at radius 2 is 2.05 bits per heavy atom. The molecule has 2 aromatic heterocycles. The maximum Gasteiger partial charge on any atom is 0.244 e. The van der Waals surface area contributed by atoms with Crippen LogP contribution in [0.2, 0.25) is 0 Å². The molecule has 20 heavy (non-hydrogen) atoms. The molecule has 0 saturated carbocycles. The summed E-state index contributed by atoms with van der Waals surface area (Å²) in [5, 5.41) is 6.59. The van der Waals surface area contributed by atoms with Gasteiger partial charge in [-0.2, -0.15) is 4.98 Å². The zero-order valence-electron chi connectivity index (χ0n) is 11.7. The van der Waals surface area contributed by atoms with Gasteiger partial charge >= 0.3 is 0 Å². The molecule has 0 saturated heterocycles. The SMILES string of the molecule is CCCc1noc([C@H](C)S(=O)(=O)Cc2cc(C)on2)n1. The molecule has 0 radical (unpaired) electrons. The third-order valence-corrected chi connectivity index (χ3v) is 4.85. The van der Waals surface area contributed by atoms with Crippen LogP contribution in [0.1, 0.15) is 48.7 Å². The maximum absolute atomic E-state index is 12.3. The first-order valence-corrected chi connectivity index (χ1v) is 8.10. The van der Waals surface area contributed by atoms with E-state index in [1.54, 1.807) is 13.0 Å². The van der Waals surface area contributed by atoms with Crippen molar-refractivity contribution in [3.05, 3.63) is 29.2 Å². The van der Waals surface area contributed by atoms with Gasteiger partial charge in [-0.05, 0) is 20.3 Å². The lowest BCUT2D eigenvalue weighted by atomic mass is 10.3. The first-order chi connectivity index (χ1) is 9.42. The highest BCUT2D eigenvalue weighted by Gasteiger charge is 2.29. The number of nitrogens with zero attached hydrogens (tertiary/aromatic N) is 3. The first-order valence-electron chi connectivity index (χ1n) is 6.38. The zero-order chi connectivity index (χ0) is 14.8. The molecule has 8 heteroatoms. The highest BCUT2D eigenvalue weighted by Crippen LogP contribution is 2.24. The molecule has 110 valence electrons. The summed E-state index contributed by atoms with van der Waals surface area (Å²) in [4.78, 5) is 4.11. The van der Waals surface area contributed by atoms with E-state index in [1.807, 2.05) is 6.92 Å². The van der Waals surface area contributed by atoms with Crippen molar-refractivity contribution in [3.8, 4) is 0 Å². The predicted molar refractivity (Wildman–Crippen MR) is 70.6 cm³/mol. The van der Waals surface area contributed by atoms with Crippen LogP contribution in [0.3, 0.4) is 0 Å². The minimum Gasteiger partial charge on any atom is -0.361 e. The topological polar surface area (TPSA) is 99.1 Å². The van der Waals surface area contributed by atoms with Crippen molar-refractivity contribution in [1.82, 2.24) is 15.3 Å². The normalized spacial score (nSPS) is 13.6. The van der Waals surface area contributed by atoms with Crippen LogP contribution in [0.5, 0.6) is 0 Å². The van der Waals surface area contributed by atoms with Gasteiger partial charge in [0, 0.05) is 12.5 Å². The van der Waals surface area contributed by atoms with Crippen LogP contribution in [0.4, 0.5) is 0 Å². The maximum atomic E-state index is 12.3. The second-order valence-electron chi connectivity index (χ2n) is 4.68. The van der Waals surface area contributed by atoms with E-state index >= 15 is 0 Å². The summed E-state index contributed by atoms with van der Waals surface area (Å²) < 4.78 is 34.4. The average molecular weight is 299 g/mol. The van der Waals surface area contributed by atoms with Crippen molar-refractivity contribution in [2.45, 2.75) is 44.6 Å². The van der Waals surface area contributed by atoms with Gasteiger partial charge in [0.25, 0.3) is 0 Å². The van der Waals surface area contributed by atoms with Crippen LogP contribution >= 0.6 is 0 Å². The number of aryl methyl sites for hydroxylation is 2. The molecule has 0 aliphatic rings. The Hall–Kier alpha value is -1.70. The predicted octanol–water partition coefficient (Wildman–Crippen LogP) is 1.99. The van der Waals surface area contributed by atoms with E-state index in [1.165, 1.54) is 6.92 Å². The second kappa shape index (κ2) is 5.74. The van der Waals surface area contributed by atoms with E-state index in [2.05, 4.69) is 15.3 Å². The van der Waals surface area contributed by atoms with Gasteiger partial charge in [0.1, 0.15) is 11.0 Å². The van der Waals surface area contributed by atoms with Crippen molar-refractivity contribution in [2.75, 3.05) is 0 Å². The Kier molecular flexibility index (Phi) is 4.22. The van der Waals surface area contributed by atoms with Gasteiger partial charge in [-0.1, -0.05) is 17.2 Å². The van der Waals surface area contributed by atoms with Crippen LogP contribution in [-0.4, -0.2) is 23.7 Å². The van der Waals surface area contributed by atoms with Crippen molar-refractivity contribution in [1.29, 1.82) is 0 Å². The Balaban J connectivity index is 2.15. The lowest BCUT2D eigenvalue weighted by Crippen LogP contribution is -2.13. The van der Waals surface area contributed by atoms with Gasteiger partial charge in [0.15, 0.2) is 15.7 Å². The molecule has 0 spiro atoms. The molecule has 1 atom stereocenters. The molecule has 0 aromatic carbocycles. The molecule has 0 aliphatic heterocycles. The van der Waals surface area contributed by atoms with Crippen LogP contribution < -0.4 is 0 Å². The molecule has 7 nitrogen and oxygen atoms in total. The smallest absolute Gasteiger partial charge is 0.244 e. The molecule has 0 aliphatic carbocycles. The summed E-state index contributed by atoms with van der Waals surface area (Å²) in [6.45, 7) is 5.23. The van der Waals surface area contributed by atoms with Crippen LogP contribution in [0.15, 0.2) is 15.1 Å². The highest BCUT2D eigenvalue weighted by atomic mass is 32.2.